The van der Waals surface area contributed by atoms with E-state index in [2.05, 4.69) is 17.4 Å². The van der Waals surface area contributed by atoms with Gasteiger partial charge in [0.1, 0.15) is 0 Å². The number of hydrogen-bond donors (Lipinski definition) is 2. The number of thioether (sulfide) groups is 1. The number of nitrogens with zero attached hydrogens (tertiary/aromatic N) is 2. The van der Waals surface area contributed by atoms with Crippen LogP contribution >= 0.6 is 11.8 Å². The molecule has 2 atom stereocenters. The number of hydrazine groups is 1. The van der Waals surface area contributed by atoms with E-state index in [0.717, 1.165) is 19.4 Å². The first-order valence-corrected chi connectivity index (χ1v) is 8.97. The van der Waals surface area contributed by atoms with E-state index in [1.165, 1.54) is 35.6 Å². The van der Waals surface area contributed by atoms with Crippen molar-refractivity contribution in [2.24, 2.45) is 18.8 Å². The smallest absolute Gasteiger partial charge is 0.0701 e. The van der Waals surface area contributed by atoms with Crippen molar-refractivity contribution in [3.63, 3.8) is 0 Å². The molecule has 0 saturated carbocycles. The monoisotopic (exact) mass is 310 g/mol. The quantitative estimate of drug-likeness (QED) is 0.660. The van der Waals surface area contributed by atoms with Crippen LogP contribution in [0.25, 0.3) is 0 Å². The Bertz CT molecular complexity index is 479. The lowest BCUT2D eigenvalue weighted by atomic mass is 9.77. The largest absolute Gasteiger partial charge is 0.375 e. The molecule has 1 aromatic heterocycles. The Balaban J connectivity index is 1.79. The Labute approximate surface area is 131 Å². The van der Waals surface area contributed by atoms with Gasteiger partial charge >= 0.3 is 0 Å². The molecule has 2 aliphatic rings. The van der Waals surface area contributed by atoms with Gasteiger partial charge in [-0.25, -0.2) is 0 Å². The first-order valence-electron chi connectivity index (χ1n) is 7.81. The Hall–Kier alpha value is -0.560. The van der Waals surface area contributed by atoms with E-state index in [0.29, 0.717) is 5.92 Å². The molecule has 0 aliphatic carbocycles. The molecule has 1 aromatic rings. The SMILES string of the molecule is Cc1c(C(NN)C2CCOC3(CCSCC3)C2)cnn1C. The molecule has 21 heavy (non-hydrogen) atoms. The van der Waals surface area contributed by atoms with E-state index in [-0.39, 0.29) is 11.6 Å². The summed E-state index contributed by atoms with van der Waals surface area (Å²) in [5.74, 6) is 8.87. The summed E-state index contributed by atoms with van der Waals surface area (Å²) in [5, 5.41) is 4.37. The maximum Gasteiger partial charge on any atom is 0.0701 e. The van der Waals surface area contributed by atoms with E-state index < -0.39 is 0 Å². The maximum absolute atomic E-state index is 6.20. The second kappa shape index (κ2) is 6.28. The zero-order valence-electron chi connectivity index (χ0n) is 13.0. The predicted molar refractivity (Wildman–Crippen MR) is 86.0 cm³/mol. The fourth-order valence-corrected chi connectivity index (χ4v) is 4.98. The highest BCUT2D eigenvalue weighted by Gasteiger charge is 2.41. The summed E-state index contributed by atoms with van der Waals surface area (Å²) in [7, 11) is 1.98. The lowest BCUT2D eigenvalue weighted by Gasteiger charge is -2.45. The summed E-state index contributed by atoms with van der Waals surface area (Å²) in [4.78, 5) is 0. The number of ether oxygens (including phenoxy) is 1. The zero-order valence-corrected chi connectivity index (χ0v) is 13.8. The number of aryl methyl sites for hydroxylation is 1. The Morgan fingerprint density at radius 3 is 2.90 bits per heavy atom. The third kappa shape index (κ3) is 2.99. The normalized spacial score (nSPS) is 26.9. The lowest BCUT2D eigenvalue weighted by molar-refractivity contribution is -0.107. The standard InChI is InChI=1S/C15H26N4OS/c1-11-13(10-17-19(11)2)14(18-16)12-3-6-20-15(9-12)4-7-21-8-5-15/h10,12,14,18H,3-9,16H2,1-2H3. The van der Waals surface area contributed by atoms with Gasteiger partial charge in [-0.3, -0.25) is 16.0 Å². The highest BCUT2D eigenvalue weighted by atomic mass is 32.2. The molecule has 1 spiro atoms. The molecule has 0 bridgehead atoms. The molecule has 118 valence electrons. The van der Waals surface area contributed by atoms with E-state index in [1.807, 2.05) is 29.7 Å². The van der Waals surface area contributed by atoms with Crippen molar-refractivity contribution in [1.82, 2.24) is 15.2 Å². The Morgan fingerprint density at radius 2 is 2.29 bits per heavy atom. The molecule has 2 saturated heterocycles. The van der Waals surface area contributed by atoms with Crippen LogP contribution in [0, 0.1) is 12.8 Å². The Morgan fingerprint density at radius 1 is 1.52 bits per heavy atom. The summed E-state index contributed by atoms with van der Waals surface area (Å²) in [6.07, 6.45) is 6.49. The number of nitrogens with one attached hydrogen (secondary N) is 1. The van der Waals surface area contributed by atoms with Gasteiger partial charge in [-0.2, -0.15) is 16.9 Å². The summed E-state index contributed by atoms with van der Waals surface area (Å²) < 4.78 is 8.12. The molecular formula is C15H26N4OS. The van der Waals surface area contributed by atoms with Crippen LogP contribution in [0.1, 0.15) is 43.0 Å². The molecule has 2 fully saturated rings. The van der Waals surface area contributed by atoms with Gasteiger partial charge in [-0.1, -0.05) is 0 Å². The van der Waals surface area contributed by atoms with Crippen molar-refractivity contribution in [1.29, 1.82) is 0 Å². The van der Waals surface area contributed by atoms with Gasteiger partial charge < -0.3 is 4.74 Å². The molecule has 2 aliphatic heterocycles. The first kappa shape index (κ1) is 15.3. The van der Waals surface area contributed by atoms with Crippen LogP contribution in [0.2, 0.25) is 0 Å². The third-order valence-corrected chi connectivity index (χ3v) is 6.18. The van der Waals surface area contributed by atoms with Crippen LogP contribution in [0.4, 0.5) is 0 Å². The maximum atomic E-state index is 6.20. The van der Waals surface area contributed by atoms with Crippen LogP contribution in [-0.4, -0.2) is 33.5 Å². The third-order valence-electron chi connectivity index (χ3n) is 5.19. The number of nitrogens with two attached hydrogens (primary N) is 1. The van der Waals surface area contributed by atoms with Gasteiger partial charge in [-0.05, 0) is 50.0 Å². The predicted octanol–water partition coefficient (Wildman–Crippen LogP) is 1.93. The van der Waals surface area contributed by atoms with Crippen molar-refractivity contribution < 1.29 is 4.74 Å². The van der Waals surface area contributed by atoms with Crippen LogP contribution in [0.15, 0.2) is 6.20 Å². The van der Waals surface area contributed by atoms with Gasteiger partial charge in [0.05, 0.1) is 17.8 Å². The molecule has 5 nitrogen and oxygen atoms in total. The van der Waals surface area contributed by atoms with Crippen molar-refractivity contribution in [3.05, 3.63) is 17.5 Å². The lowest BCUT2D eigenvalue weighted by Crippen LogP contribution is -2.46. The second-order valence-electron chi connectivity index (χ2n) is 6.35. The highest BCUT2D eigenvalue weighted by molar-refractivity contribution is 7.99. The molecule has 0 amide bonds. The molecule has 2 unspecified atom stereocenters. The minimum atomic E-state index is 0.0966. The van der Waals surface area contributed by atoms with Crippen molar-refractivity contribution >= 4 is 11.8 Å². The van der Waals surface area contributed by atoms with Gasteiger partial charge in [0.15, 0.2) is 0 Å². The molecule has 6 heteroatoms. The average Bonchev–Trinajstić information content (AvgIpc) is 2.82. The zero-order chi connectivity index (χ0) is 14.9. The number of rotatable bonds is 3. The fraction of sp³-hybridized carbons (Fsp3) is 0.800. The van der Waals surface area contributed by atoms with Crippen LogP contribution in [0.5, 0.6) is 0 Å². The molecule has 3 rings (SSSR count). The summed E-state index contributed by atoms with van der Waals surface area (Å²) in [6.45, 7) is 2.96. The van der Waals surface area contributed by atoms with Crippen LogP contribution < -0.4 is 11.3 Å². The van der Waals surface area contributed by atoms with E-state index in [4.69, 9.17) is 10.6 Å². The van der Waals surface area contributed by atoms with Crippen molar-refractivity contribution in [2.75, 3.05) is 18.1 Å². The van der Waals surface area contributed by atoms with E-state index >= 15 is 0 Å². The number of hydrogen-bond acceptors (Lipinski definition) is 5. The van der Waals surface area contributed by atoms with Crippen molar-refractivity contribution in [3.8, 4) is 0 Å². The van der Waals surface area contributed by atoms with Crippen LogP contribution in [0.3, 0.4) is 0 Å². The molecule has 0 aromatic carbocycles. The number of aromatic nitrogens is 2. The average molecular weight is 310 g/mol. The van der Waals surface area contributed by atoms with E-state index in [9.17, 15) is 0 Å². The van der Waals surface area contributed by atoms with Gasteiger partial charge in [0.25, 0.3) is 0 Å². The Kier molecular flexibility index (Phi) is 4.59. The topological polar surface area (TPSA) is 65.1 Å². The summed E-state index contributed by atoms with van der Waals surface area (Å²) in [6, 6.07) is 0.175. The van der Waals surface area contributed by atoms with Gasteiger partial charge in [0.2, 0.25) is 0 Å². The first-order chi connectivity index (χ1) is 10.2. The van der Waals surface area contributed by atoms with Crippen LogP contribution in [-0.2, 0) is 11.8 Å². The van der Waals surface area contributed by atoms with Gasteiger partial charge in [0, 0.05) is 24.9 Å². The van der Waals surface area contributed by atoms with Gasteiger partial charge in [-0.15, -0.1) is 0 Å². The van der Waals surface area contributed by atoms with E-state index in [1.54, 1.807) is 0 Å². The minimum absolute atomic E-state index is 0.0966. The van der Waals surface area contributed by atoms with Crippen molar-refractivity contribution in [2.45, 2.75) is 44.2 Å². The minimum Gasteiger partial charge on any atom is -0.375 e. The summed E-state index contributed by atoms with van der Waals surface area (Å²) >= 11 is 2.05. The molecule has 3 N–H and O–H groups in total. The summed E-state index contributed by atoms with van der Waals surface area (Å²) in [5.41, 5.74) is 5.57. The fourth-order valence-electron chi connectivity index (χ4n) is 3.74. The molecular weight excluding hydrogens is 284 g/mol. The molecule has 0 radical (unpaired) electrons. The second-order valence-corrected chi connectivity index (χ2v) is 7.57. The molecule has 3 heterocycles. The highest BCUT2D eigenvalue weighted by Crippen LogP contribution is 2.43.